The average Bonchev–Trinajstić information content (AvgIpc) is 2.98. The van der Waals surface area contributed by atoms with Crippen molar-refractivity contribution in [1.82, 2.24) is 5.32 Å². The second kappa shape index (κ2) is 8.22. The van der Waals surface area contributed by atoms with Crippen molar-refractivity contribution in [3.63, 3.8) is 0 Å². The number of hydrogen-bond donors (Lipinski definition) is 1. The zero-order valence-corrected chi connectivity index (χ0v) is 13.8. The quantitative estimate of drug-likeness (QED) is 0.645. The van der Waals surface area contributed by atoms with Crippen LogP contribution in [0.3, 0.4) is 0 Å². The zero-order chi connectivity index (χ0) is 16.7. The smallest absolute Gasteiger partial charge is 0.244 e. The number of nitrogens with one attached hydrogen (secondary N) is 1. The Morgan fingerprint density at radius 2 is 2.00 bits per heavy atom. The first kappa shape index (κ1) is 16.9. The predicted molar refractivity (Wildman–Crippen MR) is 91.6 cm³/mol. The lowest BCUT2D eigenvalue weighted by molar-refractivity contribution is -0.117. The van der Waals surface area contributed by atoms with Crippen LogP contribution in [-0.2, 0) is 11.2 Å². The highest BCUT2D eigenvalue weighted by Crippen LogP contribution is 2.32. The van der Waals surface area contributed by atoms with Crippen LogP contribution >= 0.6 is 0 Å². The Labute approximate surface area is 137 Å². The molecule has 1 aromatic carbocycles. The average molecular weight is 313 g/mol. The van der Waals surface area contributed by atoms with E-state index in [0.29, 0.717) is 0 Å². The summed E-state index contributed by atoms with van der Waals surface area (Å²) >= 11 is 0. The number of carbonyl (C=O) groups is 1. The maximum Gasteiger partial charge on any atom is 0.244 e. The molecule has 4 heteroatoms. The van der Waals surface area contributed by atoms with Gasteiger partial charge in [0.1, 0.15) is 0 Å². The first-order chi connectivity index (χ1) is 11.1. The molecule has 0 unspecified atom stereocenters. The Morgan fingerprint density at radius 3 is 2.74 bits per heavy atom. The Hall–Kier alpha value is -2.49. The molecule has 1 amide bonds. The van der Waals surface area contributed by atoms with Crippen LogP contribution in [0.25, 0.3) is 0 Å². The number of benzene rings is 1. The zero-order valence-electron chi connectivity index (χ0n) is 13.8. The van der Waals surface area contributed by atoms with Gasteiger partial charge in [-0.3, -0.25) is 4.79 Å². The molecule has 1 atom stereocenters. The fraction of sp³-hybridized carbons (Fsp3) is 0.316. The molecule has 0 spiro atoms. The van der Waals surface area contributed by atoms with Crippen molar-refractivity contribution in [3.05, 3.63) is 59.7 Å². The van der Waals surface area contributed by atoms with Crippen molar-refractivity contribution in [2.24, 2.45) is 0 Å². The highest BCUT2D eigenvalue weighted by molar-refractivity contribution is 5.88. The number of ether oxygens (including phenoxy) is 2. The lowest BCUT2D eigenvalue weighted by Crippen LogP contribution is -2.32. The summed E-state index contributed by atoms with van der Waals surface area (Å²) in [7, 11) is 0. The third-order valence-corrected chi connectivity index (χ3v) is 3.49. The van der Waals surface area contributed by atoms with Crippen LogP contribution in [0.15, 0.2) is 54.2 Å². The van der Waals surface area contributed by atoms with Crippen molar-refractivity contribution in [3.8, 4) is 11.5 Å². The van der Waals surface area contributed by atoms with Gasteiger partial charge in [-0.05, 0) is 56.5 Å². The molecule has 4 nitrogen and oxygen atoms in total. The van der Waals surface area contributed by atoms with E-state index in [1.165, 1.54) is 0 Å². The van der Waals surface area contributed by atoms with Crippen LogP contribution in [-0.4, -0.2) is 18.7 Å². The number of amides is 1. The molecule has 122 valence electrons. The van der Waals surface area contributed by atoms with Crippen LogP contribution in [0.5, 0.6) is 11.5 Å². The fourth-order valence-electron chi connectivity index (χ4n) is 2.38. The van der Waals surface area contributed by atoms with Gasteiger partial charge in [0, 0.05) is 12.1 Å². The van der Waals surface area contributed by atoms with E-state index in [0.717, 1.165) is 29.1 Å². The number of carbonyl (C=O) groups excluding carboxylic acids is 1. The second-order valence-corrected chi connectivity index (χ2v) is 5.42. The summed E-state index contributed by atoms with van der Waals surface area (Å²) < 4.78 is 10.7. The molecule has 1 aromatic rings. The van der Waals surface area contributed by atoms with Crippen LogP contribution in [0.2, 0.25) is 0 Å². The molecule has 1 aliphatic heterocycles. The summed E-state index contributed by atoms with van der Waals surface area (Å²) in [5.41, 5.74) is 2.11. The minimum absolute atomic E-state index is 0.0308. The first-order valence-electron chi connectivity index (χ1n) is 7.78. The highest BCUT2D eigenvalue weighted by Gasteiger charge is 2.14. The summed E-state index contributed by atoms with van der Waals surface area (Å²) in [6, 6.07) is 5.89. The Balaban J connectivity index is 1.88. The van der Waals surface area contributed by atoms with Gasteiger partial charge in [0.2, 0.25) is 12.7 Å². The van der Waals surface area contributed by atoms with E-state index in [1.807, 2.05) is 63.3 Å². The van der Waals surface area contributed by atoms with Gasteiger partial charge in [-0.25, -0.2) is 0 Å². The summed E-state index contributed by atoms with van der Waals surface area (Å²) in [6.07, 6.45) is 9.97. The minimum Gasteiger partial charge on any atom is -0.454 e. The normalized spacial score (nSPS) is 15.3. The van der Waals surface area contributed by atoms with E-state index >= 15 is 0 Å². The van der Waals surface area contributed by atoms with E-state index in [-0.39, 0.29) is 18.7 Å². The largest absolute Gasteiger partial charge is 0.454 e. The highest BCUT2D eigenvalue weighted by atomic mass is 16.7. The van der Waals surface area contributed by atoms with Gasteiger partial charge >= 0.3 is 0 Å². The second-order valence-electron chi connectivity index (χ2n) is 5.42. The van der Waals surface area contributed by atoms with Gasteiger partial charge in [0.25, 0.3) is 0 Å². The van der Waals surface area contributed by atoms with Crippen molar-refractivity contribution in [1.29, 1.82) is 0 Å². The monoisotopic (exact) mass is 313 g/mol. The van der Waals surface area contributed by atoms with Gasteiger partial charge < -0.3 is 14.8 Å². The molecule has 1 N–H and O–H groups in total. The fourth-order valence-corrected chi connectivity index (χ4v) is 2.38. The summed E-state index contributed by atoms with van der Waals surface area (Å²) in [5.74, 6) is 1.45. The maximum absolute atomic E-state index is 12.0. The molecule has 0 saturated carbocycles. The Kier molecular flexibility index (Phi) is 6.03. The van der Waals surface area contributed by atoms with Gasteiger partial charge in [-0.2, -0.15) is 0 Å². The molecule has 0 fully saturated rings. The number of allylic oxidation sites excluding steroid dienone is 5. The van der Waals surface area contributed by atoms with Crippen LogP contribution in [0, 0.1) is 0 Å². The van der Waals surface area contributed by atoms with E-state index in [1.54, 1.807) is 6.08 Å². The SMILES string of the molecule is C\C=C/C(/C=C/C(=O)N[C@H](C)Cc1ccc2c(c1)OCO2)=C\C. The van der Waals surface area contributed by atoms with Crippen LogP contribution < -0.4 is 14.8 Å². The molecule has 1 aliphatic rings. The lowest BCUT2D eigenvalue weighted by Gasteiger charge is -2.13. The van der Waals surface area contributed by atoms with Crippen molar-refractivity contribution in [2.75, 3.05) is 6.79 Å². The molecule has 0 aliphatic carbocycles. The van der Waals surface area contributed by atoms with E-state index in [9.17, 15) is 4.79 Å². The molecule has 0 aromatic heterocycles. The molecular weight excluding hydrogens is 290 g/mol. The Morgan fingerprint density at radius 1 is 1.22 bits per heavy atom. The van der Waals surface area contributed by atoms with Gasteiger partial charge in [-0.1, -0.05) is 24.3 Å². The topological polar surface area (TPSA) is 47.6 Å². The number of fused-ring (bicyclic) bond motifs is 1. The predicted octanol–water partition coefficient (Wildman–Crippen LogP) is 3.54. The number of rotatable bonds is 6. The van der Waals surface area contributed by atoms with Crippen LogP contribution in [0.1, 0.15) is 26.3 Å². The lowest BCUT2D eigenvalue weighted by atomic mass is 10.1. The maximum atomic E-state index is 12.0. The third kappa shape index (κ3) is 5.02. The van der Waals surface area contributed by atoms with Crippen molar-refractivity contribution in [2.45, 2.75) is 33.2 Å². The van der Waals surface area contributed by atoms with Gasteiger partial charge in [-0.15, -0.1) is 0 Å². The third-order valence-electron chi connectivity index (χ3n) is 3.49. The van der Waals surface area contributed by atoms with E-state index in [4.69, 9.17) is 9.47 Å². The molecule has 0 saturated heterocycles. The first-order valence-corrected chi connectivity index (χ1v) is 7.78. The molecule has 1 heterocycles. The van der Waals surface area contributed by atoms with Gasteiger partial charge in [0.05, 0.1) is 0 Å². The summed E-state index contributed by atoms with van der Waals surface area (Å²) in [4.78, 5) is 12.0. The van der Waals surface area contributed by atoms with Crippen LogP contribution in [0.4, 0.5) is 0 Å². The van der Waals surface area contributed by atoms with Crippen molar-refractivity contribution >= 4 is 5.91 Å². The van der Waals surface area contributed by atoms with Crippen molar-refractivity contribution < 1.29 is 14.3 Å². The minimum atomic E-state index is -0.0953. The summed E-state index contributed by atoms with van der Waals surface area (Å²) in [6.45, 7) is 6.15. The molecular formula is C19H23NO3. The molecule has 2 rings (SSSR count). The summed E-state index contributed by atoms with van der Waals surface area (Å²) in [5, 5.41) is 2.97. The number of hydrogen-bond acceptors (Lipinski definition) is 3. The Bertz CT molecular complexity index is 644. The van der Waals surface area contributed by atoms with E-state index < -0.39 is 0 Å². The molecule has 23 heavy (non-hydrogen) atoms. The molecule has 0 radical (unpaired) electrons. The molecule has 0 bridgehead atoms. The van der Waals surface area contributed by atoms with E-state index in [2.05, 4.69) is 5.32 Å². The van der Waals surface area contributed by atoms with Gasteiger partial charge in [0.15, 0.2) is 11.5 Å². The standard InChI is InChI=1S/C19H23NO3/c1-4-6-15(5-2)8-10-19(21)20-14(3)11-16-7-9-17-18(12-16)23-13-22-17/h4-10,12,14H,11,13H2,1-3H3,(H,20,21)/b6-4-,10-8+,15-5+/t14-/m1/s1.